The number of nitrogen functional groups attached to an aromatic ring is 1. The monoisotopic (exact) mass is 277 g/mol. The Balaban J connectivity index is 2.07. The molecular formula is C15H23N3O2. The van der Waals surface area contributed by atoms with Gasteiger partial charge in [-0.3, -0.25) is 9.69 Å². The third kappa shape index (κ3) is 3.22. The first-order chi connectivity index (χ1) is 9.51. The first-order valence-corrected chi connectivity index (χ1v) is 6.97. The predicted octanol–water partition coefficient (Wildman–Crippen LogP) is 1.36. The zero-order chi connectivity index (χ0) is 14.7. The summed E-state index contributed by atoms with van der Waals surface area (Å²) in [6, 6.07) is 6.27. The van der Waals surface area contributed by atoms with Crippen LogP contribution < -0.4 is 16.2 Å². The maximum absolute atomic E-state index is 11.4. The van der Waals surface area contributed by atoms with E-state index in [2.05, 4.69) is 11.8 Å². The molecule has 0 aliphatic carbocycles. The fraction of sp³-hybridized carbons (Fsp3) is 0.533. The minimum atomic E-state index is -0.198. The number of carbonyl (C=O) groups is 1. The number of ether oxygens (including phenoxy) is 1. The third-order valence-corrected chi connectivity index (χ3v) is 4.09. The lowest BCUT2D eigenvalue weighted by molar-refractivity contribution is -0.124. The van der Waals surface area contributed by atoms with Crippen LogP contribution in [-0.2, 0) is 11.3 Å². The second-order valence-corrected chi connectivity index (χ2v) is 5.53. The van der Waals surface area contributed by atoms with Gasteiger partial charge in [0.2, 0.25) is 5.91 Å². The molecule has 1 aromatic rings. The summed E-state index contributed by atoms with van der Waals surface area (Å²) in [4.78, 5) is 13.6. The molecule has 0 aromatic heterocycles. The van der Waals surface area contributed by atoms with Crippen molar-refractivity contribution in [1.82, 2.24) is 4.90 Å². The molecular weight excluding hydrogens is 254 g/mol. The molecule has 2 atom stereocenters. The van der Waals surface area contributed by atoms with Gasteiger partial charge in [0.05, 0.1) is 18.7 Å². The number of methoxy groups -OCH3 is 1. The largest absolute Gasteiger partial charge is 0.495 e. The van der Waals surface area contributed by atoms with Gasteiger partial charge in [0.25, 0.3) is 0 Å². The zero-order valence-corrected chi connectivity index (χ0v) is 12.1. The number of anilines is 1. The van der Waals surface area contributed by atoms with Crippen molar-refractivity contribution in [3.05, 3.63) is 23.8 Å². The fourth-order valence-electron chi connectivity index (χ4n) is 2.75. The highest BCUT2D eigenvalue weighted by atomic mass is 16.5. The Labute approximate surface area is 119 Å². The number of carbonyl (C=O) groups excluding carboxylic acids is 1. The summed E-state index contributed by atoms with van der Waals surface area (Å²) < 4.78 is 5.16. The number of primary amides is 1. The summed E-state index contributed by atoms with van der Waals surface area (Å²) in [5, 5.41) is 0. The van der Waals surface area contributed by atoms with Gasteiger partial charge in [0.1, 0.15) is 5.75 Å². The molecule has 110 valence electrons. The van der Waals surface area contributed by atoms with E-state index in [1.807, 2.05) is 18.2 Å². The van der Waals surface area contributed by atoms with Crippen LogP contribution in [0.4, 0.5) is 5.69 Å². The Morgan fingerprint density at radius 1 is 1.45 bits per heavy atom. The molecule has 0 spiro atoms. The van der Waals surface area contributed by atoms with E-state index in [9.17, 15) is 4.79 Å². The number of benzene rings is 1. The average molecular weight is 277 g/mol. The van der Waals surface area contributed by atoms with Gasteiger partial charge in [0.15, 0.2) is 0 Å². The Morgan fingerprint density at radius 3 is 2.80 bits per heavy atom. The quantitative estimate of drug-likeness (QED) is 0.814. The molecule has 2 unspecified atom stereocenters. The van der Waals surface area contributed by atoms with Crippen LogP contribution in [0.15, 0.2) is 18.2 Å². The number of amides is 1. The molecule has 5 nitrogen and oxygen atoms in total. The molecule has 0 bridgehead atoms. The summed E-state index contributed by atoms with van der Waals surface area (Å²) in [5.41, 5.74) is 13.1. The van der Waals surface area contributed by atoms with Crippen molar-refractivity contribution in [2.45, 2.75) is 32.4 Å². The Kier molecular flexibility index (Phi) is 4.49. The van der Waals surface area contributed by atoms with E-state index < -0.39 is 0 Å². The van der Waals surface area contributed by atoms with Crippen molar-refractivity contribution < 1.29 is 9.53 Å². The van der Waals surface area contributed by atoms with E-state index in [1.54, 1.807) is 7.11 Å². The van der Waals surface area contributed by atoms with Gasteiger partial charge < -0.3 is 16.2 Å². The minimum absolute atomic E-state index is 0.0400. The molecule has 1 amide bonds. The Morgan fingerprint density at radius 2 is 2.20 bits per heavy atom. The van der Waals surface area contributed by atoms with Crippen molar-refractivity contribution in [2.24, 2.45) is 11.7 Å². The van der Waals surface area contributed by atoms with E-state index in [-0.39, 0.29) is 11.8 Å². The van der Waals surface area contributed by atoms with Crippen LogP contribution in [0, 0.1) is 5.92 Å². The number of hydrogen-bond donors (Lipinski definition) is 2. The molecule has 5 heteroatoms. The van der Waals surface area contributed by atoms with Crippen molar-refractivity contribution in [1.29, 1.82) is 0 Å². The van der Waals surface area contributed by atoms with Gasteiger partial charge in [-0.05, 0) is 37.5 Å². The lowest BCUT2D eigenvalue weighted by Crippen LogP contribution is -2.45. The SMILES string of the molecule is COc1ccc(CN2CC(C(N)=O)CCC2C)cc1N. The molecule has 1 aromatic carbocycles. The summed E-state index contributed by atoms with van der Waals surface area (Å²) in [5.74, 6) is 0.452. The molecule has 2 rings (SSSR count). The Bertz CT molecular complexity index is 490. The number of hydrogen-bond acceptors (Lipinski definition) is 4. The molecule has 4 N–H and O–H groups in total. The number of likely N-dealkylation sites (tertiary alicyclic amines) is 1. The molecule has 0 saturated carbocycles. The minimum Gasteiger partial charge on any atom is -0.495 e. The summed E-state index contributed by atoms with van der Waals surface area (Å²) in [6.45, 7) is 3.69. The van der Waals surface area contributed by atoms with E-state index >= 15 is 0 Å². The zero-order valence-electron chi connectivity index (χ0n) is 12.1. The van der Waals surface area contributed by atoms with Crippen molar-refractivity contribution in [2.75, 3.05) is 19.4 Å². The standard InChI is InChI=1S/C15H23N3O2/c1-10-3-5-12(15(17)19)9-18(10)8-11-4-6-14(20-2)13(16)7-11/h4,6-7,10,12H,3,5,8-9,16H2,1-2H3,(H2,17,19). The molecule has 0 radical (unpaired) electrons. The maximum Gasteiger partial charge on any atom is 0.221 e. The molecule has 1 aliphatic heterocycles. The summed E-state index contributed by atoms with van der Waals surface area (Å²) in [7, 11) is 1.61. The lowest BCUT2D eigenvalue weighted by atomic mass is 9.92. The molecule has 1 fully saturated rings. The van der Waals surface area contributed by atoms with Crippen LogP contribution in [0.3, 0.4) is 0 Å². The second kappa shape index (κ2) is 6.13. The lowest BCUT2D eigenvalue weighted by Gasteiger charge is -2.36. The number of piperidine rings is 1. The molecule has 1 aliphatic rings. The van der Waals surface area contributed by atoms with Gasteiger partial charge in [-0.15, -0.1) is 0 Å². The van der Waals surface area contributed by atoms with E-state index in [0.29, 0.717) is 17.5 Å². The number of nitrogens with zero attached hydrogens (tertiary/aromatic N) is 1. The summed E-state index contributed by atoms with van der Waals surface area (Å²) in [6.07, 6.45) is 1.89. The smallest absolute Gasteiger partial charge is 0.221 e. The van der Waals surface area contributed by atoms with E-state index in [1.165, 1.54) is 0 Å². The highest BCUT2D eigenvalue weighted by molar-refractivity contribution is 5.77. The Hall–Kier alpha value is -1.75. The highest BCUT2D eigenvalue weighted by Crippen LogP contribution is 2.26. The van der Waals surface area contributed by atoms with E-state index in [4.69, 9.17) is 16.2 Å². The van der Waals surface area contributed by atoms with Crippen LogP contribution >= 0.6 is 0 Å². The van der Waals surface area contributed by atoms with Crippen molar-refractivity contribution in [3.63, 3.8) is 0 Å². The van der Waals surface area contributed by atoms with Gasteiger partial charge in [0, 0.05) is 19.1 Å². The first kappa shape index (κ1) is 14.7. The van der Waals surface area contributed by atoms with Crippen LogP contribution in [0.5, 0.6) is 5.75 Å². The van der Waals surface area contributed by atoms with Gasteiger partial charge in [-0.1, -0.05) is 6.07 Å². The molecule has 1 saturated heterocycles. The topological polar surface area (TPSA) is 81.6 Å². The van der Waals surface area contributed by atoms with Gasteiger partial charge in [-0.25, -0.2) is 0 Å². The second-order valence-electron chi connectivity index (χ2n) is 5.53. The first-order valence-electron chi connectivity index (χ1n) is 6.97. The van der Waals surface area contributed by atoms with Crippen LogP contribution in [0.1, 0.15) is 25.3 Å². The molecule has 20 heavy (non-hydrogen) atoms. The third-order valence-electron chi connectivity index (χ3n) is 4.09. The summed E-state index contributed by atoms with van der Waals surface area (Å²) >= 11 is 0. The van der Waals surface area contributed by atoms with Gasteiger partial charge >= 0.3 is 0 Å². The van der Waals surface area contributed by atoms with E-state index in [0.717, 1.165) is 31.5 Å². The number of rotatable bonds is 4. The highest BCUT2D eigenvalue weighted by Gasteiger charge is 2.28. The predicted molar refractivity (Wildman–Crippen MR) is 79.2 cm³/mol. The molecule has 1 heterocycles. The van der Waals surface area contributed by atoms with Gasteiger partial charge in [-0.2, -0.15) is 0 Å². The van der Waals surface area contributed by atoms with Crippen LogP contribution in [0.2, 0.25) is 0 Å². The average Bonchev–Trinajstić information content (AvgIpc) is 2.41. The van der Waals surface area contributed by atoms with Crippen molar-refractivity contribution >= 4 is 11.6 Å². The van der Waals surface area contributed by atoms with Crippen molar-refractivity contribution in [3.8, 4) is 5.75 Å². The fourth-order valence-corrected chi connectivity index (χ4v) is 2.75. The maximum atomic E-state index is 11.4. The number of nitrogens with two attached hydrogens (primary N) is 2. The van der Waals surface area contributed by atoms with Crippen LogP contribution in [-0.4, -0.2) is 30.5 Å². The van der Waals surface area contributed by atoms with Crippen LogP contribution in [0.25, 0.3) is 0 Å². The normalized spacial score (nSPS) is 23.5.